The maximum atomic E-state index is 6.13. The lowest BCUT2D eigenvalue weighted by atomic mass is 10.3. The van der Waals surface area contributed by atoms with Gasteiger partial charge in [0.25, 0.3) is 0 Å². The molecule has 0 aliphatic carbocycles. The van der Waals surface area contributed by atoms with Crippen LogP contribution in [-0.4, -0.2) is 30.8 Å². The molecule has 0 radical (unpaired) electrons. The maximum Gasteiger partial charge on any atom is 0.232 e. The van der Waals surface area contributed by atoms with E-state index in [1.54, 1.807) is 6.20 Å². The van der Waals surface area contributed by atoms with Gasteiger partial charge in [-0.2, -0.15) is 0 Å². The van der Waals surface area contributed by atoms with Gasteiger partial charge in [-0.25, -0.2) is 4.98 Å². The van der Waals surface area contributed by atoms with Crippen molar-refractivity contribution in [1.82, 2.24) is 10.3 Å². The Hall–Kier alpha value is -0.840. The van der Waals surface area contributed by atoms with Crippen molar-refractivity contribution in [1.29, 1.82) is 0 Å². The Morgan fingerprint density at radius 3 is 2.79 bits per heavy atom. The molecular weight excluding hydrogens is 264 g/mol. The van der Waals surface area contributed by atoms with E-state index < -0.39 is 0 Å². The number of hydrogen-bond acceptors (Lipinski definition) is 4. The molecule has 108 valence electrons. The van der Waals surface area contributed by atoms with Crippen molar-refractivity contribution in [2.45, 2.75) is 39.8 Å². The Bertz CT molecular complexity index is 372. The van der Waals surface area contributed by atoms with Gasteiger partial charge in [-0.05, 0) is 38.4 Å². The molecule has 1 rings (SSSR count). The average Bonchev–Trinajstić information content (AvgIpc) is 2.36. The highest BCUT2D eigenvalue weighted by molar-refractivity contribution is 6.31. The summed E-state index contributed by atoms with van der Waals surface area (Å²) in [5.74, 6) is 0.466. The molecule has 0 unspecified atom stereocenters. The number of aromatic nitrogens is 1. The minimum Gasteiger partial charge on any atom is -0.474 e. The summed E-state index contributed by atoms with van der Waals surface area (Å²) in [6.07, 6.45) is 3.10. The smallest absolute Gasteiger partial charge is 0.232 e. The van der Waals surface area contributed by atoms with Crippen LogP contribution in [-0.2, 0) is 11.3 Å². The van der Waals surface area contributed by atoms with E-state index in [0.29, 0.717) is 24.1 Å². The Kier molecular flexibility index (Phi) is 7.79. The summed E-state index contributed by atoms with van der Waals surface area (Å²) in [7, 11) is 0. The van der Waals surface area contributed by atoms with Gasteiger partial charge >= 0.3 is 0 Å². The molecule has 0 amide bonds. The number of halogens is 1. The van der Waals surface area contributed by atoms with Crippen molar-refractivity contribution in [3.63, 3.8) is 0 Å². The van der Waals surface area contributed by atoms with Crippen LogP contribution in [0.25, 0.3) is 0 Å². The summed E-state index contributed by atoms with van der Waals surface area (Å²) in [5, 5.41) is 3.85. The van der Waals surface area contributed by atoms with E-state index in [9.17, 15) is 0 Å². The van der Waals surface area contributed by atoms with Gasteiger partial charge in [0.15, 0.2) is 0 Å². The Labute approximate surface area is 120 Å². The van der Waals surface area contributed by atoms with E-state index in [4.69, 9.17) is 21.1 Å². The first-order valence-corrected chi connectivity index (χ1v) is 7.10. The van der Waals surface area contributed by atoms with E-state index in [0.717, 1.165) is 25.1 Å². The summed E-state index contributed by atoms with van der Waals surface area (Å²) in [6.45, 7) is 8.87. The summed E-state index contributed by atoms with van der Waals surface area (Å²) >= 11 is 6.13. The zero-order valence-corrected chi connectivity index (χ0v) is 12.7. The van der Waals surface area contributed by atoms with Crippen LogP contribution in [0.5, 0.6) is 5.88 Å². The second-order valence-electron chi connectivity index (χ2n) is 4.58. The highest BCUT2D eigenvalue weighted by Crippen LogP contribution is 2.22. The maximum absolute atomic E-state index is 6.13. The average molecular weight is 287 g/mol. The fourth-order valence-electron chi connectivity index (χ4n) is 1.50. The molecule has 0 bridgehead atoms. The Morgan fingerprint density at radius 2 is 2.16 bits per heavy atom. The summed E-state index contributed by atoms with van der Waals surface area (Å²) in [5.41, 5.74) is 1.06. The molecular formula is C14H23ClN2O2. The lowest BCUT2D eigenvalue weighted by Crippen LogP contribution is -2.14. The van der Waals surface area contributed by atoms with E-state index in [1.165, 1.54) is 0 Å². The summed E-state index contributed by atoms with van der Waals surface area (Å²) in [4.78, 5) is 4.22. The van der Waals surface area contributed by atoms with Crippen molar-refractivity contribution in [3.05, 3.63) is 22.8 Å². The summed E-state index contributed by atoms with van der Waals surface area (Å²) in [6, 6.07) is 1.88. The standard InChI is InChI=1S/C14H23ClN2O2/c1-4-5-16-9-12-8-13(15)14(17-10-12)19-7-6-18-11(2)3/h8,10-11,16H,4-7,9H2,1-3H3. The van der Waals surface area contributed by atoms with Gasteiger partial charge in [0, 0.05) is 12.7 Å². The van der Waals surface area contributed by atoms with E-state index >= 15 is 0 Å². The molecule has 19 heavy (non-hydrogen) atoms. The number of nitrogens with one attached hydrogen (secondary N) is 1. The molecule has 0 aliphatic rings. The predicted octanol–water partition coefficient (Wildman–Crippen LogP) is 3.04. The first-order chi connectivity index (χ1) is 9.13. The second-order valence-corrected chi connectivity index (χ2v) is 4.98. The number of rotatable bonds is 9. The number of hydrogen-bond donors (Lipinski definition) is 1. The highest BCUT2D eigenvalue weighted by Gasteiger charge is 2.05. The van der Waals surface area contributed by atoms with Crippen LogP contribution in [0.3, 0.4) is 0 Å². The lowest BCUT2D eigenvalue weighted by Gasteiger charge is -2.10. The number of pyridine rings is 1. The van der Waals surface area contributed by atoms with Crippen LogP contribution in [0.2, 0.25) is 5.02 Å². The van der Waals surface area contributed by atoms with Crippen LogP contribution in [0.4, 0.5) is 0 Å². The zero-order chi connectivity index (χ0) is 14.1. The third-order valence-corrected chi connectivity index (χ3v) is 2.66. The molecule has 0 aliphatic heterocycles. The van der Waals surface area contributed by atoms with Crippen LogP contribution in [0.15, 0.2) is 12.3 Å². The molecule has 0 spiro atoms. The summed E-state index contributed by atoms with van der Waals surface area (Å²) < 4.78 is 10.9. The van der Waals surface area contributed by atoms with E-state index in [-0.39, 0.29) is 6.10 Å². The minimum absolute atomic E-state index is 0.207. The Morgan fingerprint density at radius 1 is 1.37 bits per heavy atom. The molecule has 1 aromatic rings. The lowest BCUT2D eigenvalue weighted by molar-refractivity contribution is 0.0543. The van der Waals surface area contributed by atoms with Crippen LogP contribution in [0.1, 0.15) is 32.8 Å². The van der Waals surface area contributed by atoms with Gasteiger partial charge in [-0.15, -0.1) is 0 Å². The third-order valence-electron chi connectivity index (χ3n) is 2.39. The molecule has 0 atom stereocenters. The van der Waals surface area contributed by atoms with Gasteiger partial charge in [0.05, 0.1) is 12.7 Å². The fraction of sp³-hybridized carbons (Fsp3) is 0.643. The van der Waals surface area contributed by atoms with Gasteiger partial charge in [-0.1, -0.05) is 18.5 Å². The highest BCUT2D eigenvalue weighted by atomic mass is 35.5. The number of ether oxygens (including phenoxy) is 2. The van der Waals surface area contributed by atoms with Gasteiger partial charge in [0.2, 0.25) is 5.88 Å². The topological polar surface area (TPSA) is 43.4 Å². The molecule has 0 aromatic carbocycles. The van der Waals surface area contributed by atoms with E-state index in [2.05, 4.69) is 17.2 Å². The molecule has 1 N–H and O–H groups in total. The molecule has 0 saturated carbocycles. The van der Waals surface area contributed by atoms with Crippen LogP contribution >= 0.6 is 11.6 Å². The molecule has 1 heterocycles. The quantitative estimate of drug-likeness (QED) is 0.709. The van der Waals surface area contributed by atoms with Crippen molar-refractivity contribution >= 4 is 11.6 Å². The van der Waals surface area contributed by atoms with Crippen molar-refractivity contribution in [2.24, 2.45) is 0 Å². The van der Waals surface area contributed by atoms with Crippen molar-refractivity contribution in [3.8, 4) is 5.88 Å². The van der Waals surface area contributed by atoms with E-state index in [1.807, 2.05) is 19.9 Å². The first-order valence-electron chi connectivity index (χ1n) is 6.73. The fourth-order valence-corrected chi connectivity index (χ4v) is 1.74. The SMILES string of the molecule is CCCNCc1cnc(OCCOC(C)C)c(Cl)c1. The first kappa shape index (κ1) is 16.2. The van der Waals surface area contributed by atoms with Crippen molar-refractivity contribution in [2.75, 3.05) is 19.8 Å². The molecule has 5 heteroatoms. The van der Waals surface area contributed by atoms with Gasteiger partial charge in [0.1, 0.15) is 11.6 Å². The largest absolute Gasteiger partial charge is 0.474 e. The van der Waals surface area contributed by atoms with Gasteiger partial charge < -0.3 is 14.8 Å². The predicted molar refractivity (Wildman–Crippen MR) is 77.8 cm³/mol. The minimum atomic E-state index is 0.207. The molecule has 0 saturated heterocycles. The molecule has 0 fully saturated rings. The molecule has 4 nitrogen and oxygen atoms in total. The second kappa shape index (κ2) is 9.13. The normalized spacial score (nSPS) is 11.0. The third kappa shape index (κ3) is 6.76. The number of nitrogens with zero attached hydrogens (tertiary/aromatic N) is 1. The van der Waals surface area contributed by atoms with Crippen molar-refractivity contribution < 1.29 is 9.47 Å². The van der Waals surface area contributed by atoms with Crippen LogP contribution < -0.4 is 10.1 Å². The van der Waals surface area contributed by atoms with Crippen LogP contribution in [0, 0.1) is 0 Å². The zero-order valence-electron chi connectivity index (χ0n) is 11.9. The van der Waals surface area contributed by atoms with Gasteiger partial charge in [-0.3, -0.25) is 0 Å². The monoisotopic (exact) mass is 286 g/mol. The Balaban J connectivity index is 2.39. The molecule has 1 aromatic heterocycles.